The fraction of sp³-hybridized carbons (Fsp3) is 0.923. The summed E-state index contributed by atoms with van der Waals surface area (Å²) in [5.41, 5.74) is 0. The average Bonchev–Trinajstić information content (AvgIpc) is 3.53. The monoisotopic (exact) mass is 1180 g/mol. The minimum Gasteiger partial charge on any atom is -0.466 e. The summed E-state index contributed by atoms with van der Waals surface area (Å²) >= 11 is 0. The Bertz CT molecular complexity index is 1320. The van der Waals surface area contributed by atoms with Crippen molar-refractivity contribution in [2.45, 2.75) is 450 Å². The summed E-state index contributed by atoms with van der Waals surface area (Å²) in [6, 6.07) is -0.537. The van der Waals surface area contributed by atoms with E-state index in [0.29, 0.717) is 25.9 Å². The number of esters is 1. The Kier molecular flexibility index (Phi) is 72.3. The molecule has 2 atom stereocenters. The van der Waals surface area contributed by atoms with Gasteiger partial charge in [-0.15, -0.1) is 0 Å². The van der Waals surface area contributed by atoms with Crippen molar-refractivity contribution < 1.29 is 24.5 Å². The Labute approximate surface area is 526 Å². The molecule has 0 aliphatic heterocycles. The molecule has 0 aliphatic rings. The van der Waals surface area contributed by atoms with Crippen LogP contribution in [0.4, 0.5) is 0 Å². The molecule has 0 aromatic carbocycles. The van der Waals surface area contributed by atoms with Crippen LogP contribution in [0.1, 0.15) is 438 Å². The predicted octanol–water partition coefficient (Wildman–Crippen LogP) is 25.3. The second kappa shape index (κ2) is 73.8. The molecule has 0 radical (unpaired) electrons. The minimum atomic E-state index is -0.660. The van der Waals surface area contributed by atoms with Crippen LogP contribution in [0.5, 0.6) is 0 Å². The van der Waals surface area contributed by atoms with Gasteiger partial charge in [-0.25, -0.2) is 0 Å². The van der Waals surface area contributed by atoms with Gasteiger partial charge in [0.25, 0.3) is 0 Å². The number of hydrogen-bond acceptors (Lipinski definition) is 5. The van der Waals surface area contributed by atoms with Crippen molar-refractivity contribution in [1.29, 1.82) is 0 Å². The van der Waals surface area contributed by atoms with Crippen molar-refractivity contribution in [2.75, 3.05) is 13.2 Å². The first-order valence-electron chi connectivity index (χ1n) is 38.6. The lowest BCUT2D eigenvalue weighted by atomic mass is 10.0. The number of amides is 1. The zero-order valence-electron chi connectivity index (χ0n) is 57.2. The molecule has 84 heavy (non-hydrogen) atoms. The molecule has 0 aromatic heterocycles. The summed E-state index contributed by atoms with van der Waals surface area (Å²) in [6.07, 6.45) is 94.1. The molecule has 0 fully saturated rings. The molecule has 6 heteroatoms. The first-order chi connectivity index (χ1) is 41.5. The molecule has 0 heterocycles. The summed E-state index contributed by atoms with van der Waals surface area (Å²) in [4.78, 5) is 24.6. The van der Waals surface area contributed by atoms with Crippen LogP contribution in [-0.4, -0.2) is 47.4 Å². The van der Waals surface area contributed by atoms with Crippen molar-refractivity contribution in [2.24, 2.45) is 0 Å². The molecule has 0 bridgehead atoms. The van der Waals surface area contributed by atoms with Crippen LogP contribution < -0.4 is 5.32 Å². The van der Waals surface area contributed by atoms with E-state index in [4.69, 9.17) is 4.74 Å². The summed E-state index contributed by atoms with van der Waals surface area (Å²) in [5.74, 6) is -0.0106. The predicted molar refractivity (Wildman–Crippen MR) is 370 cm³/mol. The fourth-order valence-electron chi connectivity index (χ4n) is 12.4. The zero-order valence-corrected chi connectivity index (χ0v) is 57.2. The van der Waals surface area contributed by atoms with Crippen LogP contribution in [0.25, 0.3) is 0 Å². The van der Waals surface area contributed by atoms with Crippen LogP contribution in [0.15, 0.2) is 24.3 Å². The smallest absolute Gasteiger partial charge is 0.305 e. The van der Waals surface area contributed by atoms with Crippen molar-refractivity contribution >= 4 is 11.9 Å². The molecule has 498 valence electrons. The molecule has 1 amide bonds. The highest BCUT2D eigenvalue weighted by molar-refractivity contribution is 5.76. The van der Waals surface area contributed by atoms with E-state index in [1.165, 1.54) is 353 Å². The van der Waals surface area contributed by atoms with E-state index in [9.17, 15) is 19.8 Å². The number of rotatable bonds is 73. The van der Waals surface area contributed by atoms with Crippen molar-refractivity contribution in [1.82, 2.24) is 5.32 Å². The van der Waals surface area contributed by atoms with Crippen LogP contribution >= 0.6 is 0 Å². The number of aliphatic hydroxyl groups excluding tert-OH is 2. The van der Waals surface area contributed by atoms with Gasteiger partial charge >= 0.3 is 5.97 Å². The lowest BCUT2D eigenvalue weighted by Crippen LogP contribution is -2.45. The number of aliphatic hydroxyl groups is 2. The summed E-state index contributed by atoms with van der Waals surface area (Å²) in [6.45, 7) is 4.97. The maximum atomic E-state index is 12.5. The van der Waals surface area contributed by atoms with Gasteiger partial charge in [0.1, 0.15) is 0 Å². The molecule has 0 aromatic rings. The Morgan fingerprint density at radius 1 is 0.333 bits per heavy atom. The first-order valence-corrected chi connectivity index (χ1v) is 38.6. The molecular formula is C78H151NO5. The van der Waals surface area contributed by atoms with E-state index in [0.717, 1.165) is 51.4 Å². The fourth-order valence-corrected chi connectivity index (χ4v) is 12.4. The van der Waals surface area contributed by atoms with E-state index < -0.39 is 12.1 Å². The Balaban J connectivity index is 3.29. The van der Waals surface area contributed by atoms with Gasteiger partial charge in [-0.1, -0.05) is 391 Å². The van der Waals surface area contributed by atoms with Crippen molar-refractivity contribution in [3.8, 4) is 0 Å². The molecule has 0 rings (SSSR count). The van der Waals surface area contributed by atoms with Crippen LogP contribution in [0.2, 0.25) is 0 Å². The third-order valence-electron chi connectivity index (χ3n) is 18.3. The summed E-state index contributed by atoms with van der Waals surface area (Å²) in [7, 11) is 0. The normalized spacial score (nSPS) is 12.6. The van der Waals surface area contributed by atoms with Gasteiger partial charge in [-0.3, -0.25) is 9.59 Å². The van der Waals surface area contributed by atoms with Crippen molar-refractivity contribution in [3.63, 3.8) is 0 Å². The number of hydrogen-bond donors (Lipinski definition) is 3. The number of nitrogens with one attached hydrogen (secondary N) is 1. The third kappa shape index (κ3) is 69.4. The number of ether oxygens (including phenoxy) is 1. The van der Waals surface area contributed by atoms with Crippen LogP contribution in [0.3, 0.4) is 0 Å². The molecule has 6 nitrogen and oxygen atoms in total. The number of carbonyl (C=O) groups is 2. The van der Waals surface area contributed by atoms with E-state index in [1.54, 1.807) is 0 Å². The summed E-state index contributed by atoms with van der Waals surface area (Å²) < 4.78 is 5.51. The van der Waals surface area contributed by atoms with E-state index in [2.05, 4.69) is 43.5 Å². The van der Waals surface area contributed by atoms with Crippen molar-refractivity contribution in [3.05, 3.63) is 24.3 Å². The third-order valence-corrected chi connectivity index (χ3v) is 18.3. The topological polar surface area (TPSA) is 95.9 Å². The highest BCUT2D eigenvalue weighted by Crippen LogP contribution is 2.20. The lowest BCUT2D eigenvalue weighted by Gasteiger charge is -2.22. The molecule has 0 saturated heterocycles. The van der Waals surface area contributed by atoms with Crippen LogP contribution in [0, 0.1) is 0 Å². The molecule has 3 N–H and O–H groups in total. The maximum absolute atomic E-state index is 12.5. The largest absolute Gasteiger partial charge is 0.466 e. The lowest BCUT2D eigenvalue weighted by molar-refractivity contribution is -0.143. The SMILES string of the molecule is CCCCC/C=C\C/C=C\CCCCCCCCCC(=O)OCCCCCCCCCCCCCCCCCCCCCCCCCCCCCCCCCCCCCC(=O)NC(CO)C(O)CCCCCCCCCCCCCCCCC. The Morgan fingerprint density at radius 3 is 0.929 bits per heavy atom. The number of unbranched alkanes of at least 4 members (excludes halogenated alkanes) is 58. The van der Waals surface area contributed by atoms with Gasteiger partial charge in [0.05, 0.1) is 25.4 Å². The van der Waals surface area contributed by atoms with Gasteiger partial charge in [0.15, 0.2) is 0 Å². The molecular weight excluding hydrogens is 1030 g/mol. The minimum absolute atomic E-state index is 0.0156. The Hall–Kier alpha value is -1.66. The highest BCUT2D eigenvalue weighted by atomic mass is 16.5. The van der Waals surface area contributed by atoms with Crippen LogP contribution in [-0.2, 0) is 14.3 Å². The standard InChI is InChI=1S/C78H151NO5/c1-3-5-7-9-11-13-15-17-19-39-44-48-52-56-60-64-68-72-78(83)84-73-69-65-61-57-53-49-45-41-38-36-34-32-30-28-26-24-22-20-21-23-25-27-29-31-33-35-37-40-43-47-51-55-59-63-67-71-77(82)79-75(74-80)76(81)70-66-62-58-54-50-46-42-18-16-14-12-10-8-6-4-2/h11,13,17,19,75-76,80-81H,3-10,12,14-16,18,20-74H2,1-2H3,(H,79,82)/b13-11-,19-17-. The second-order valence-electron chi connectivity index (χ2n) is 26.7. The van der Waals surface area contributed by atoms with Gasteiger partial charge < -0.3 is 20.3 Å². The van der Waals surface area contributed by atoms with Gasteiger partial charge in [-0.05, 0) is 57.8 Å². The highest BCUT2D eigenvalue weighted by Gasteiger charge is 2.20. The molecule has 0 spiro atoms. The second-order valence-corrected chi connectivity index (χ2v) is 26.7. The van der Waals surface area contributed by atoms with E-state index in [-0.39, 0.29) is 18.5 Å². The van der Waals surface area contributed by atoms with E-state index >= 15 is 0 Å². The van der Waals surface area contributed by atoms with Gasteiger partial charge in [-0.2, -0.15) is 0 Å². The zero-order chi connectivity index (χ0) is 60.6. The van der Waals surface area contributed by atoms with Gasteiger partial charge in [0.2, 0.25) is 5.91 Å². The molecule has 0 aliphatic carbocycles. The first kappa shape index (κ1) is 82.3. The summed E-state index contributed by atoms with van der Waals surface area (Å²) in [5, 5.41) is 23.4. The number of allylic oxidation sites excluding steroid dienone is 4. The molecule has 0 saturated carbocycles. The maximum Gasteiger partial charge on any atom is 0.305 e. The number of carbonyl (C=O) groups excluding carboxylic acids is 2. The van der Waals surface area contributed by atoms with E-state index in [1.807, 2.05) is 0 Å². The quantitative estimate of drug-likeness (QED) is 0.0320. The Morgan fingerprint density at radius 2 is 0.595 bits per heavy atom. The molecule has 2 unspecified atom stereocenters. The van der Waals surface area contributed by atoms with Gasteiger partial charge in [0, 0.05) is 12.8 Å². The average molecular weight is 1180 g/mol.